The summed E-state index contributed by atoms with van der Waals surface area (Å²) in [6.45, 7) is 10.6. The van der Waals surface area contributed by atoms with Gasteiger partial charge < -0.3 is 14.4 Å². The third kappa shape index (κ3) is 7.02. The topological polar surface area (TPSA) is 21.7 Å². The van der Waals surface area contributed by atoms with Crippen molar-refractivity contribution in [1.82, 2.24) is 4.90 Å². The third-order valence-electron chi connectivity index (χ3n) is 3.45. The molecule has 102 valence electrons. The van der Waals surface area contributed by atoms with Crippen molar-refractivity contribution in [3.8, 4) is 0 Å². The SMILES string of the molecule is CCC(CC)OCCCOCCN1CCCC1. The van der Waals surface area contributed by atoms with E-state index in [0.29, 0.717) is 6.10 Å². The Bertz CT molecular complexity index is 160. The molecule has 0 N–H and O–H groups in total. The van der Waals surface area contributed by atoms with Gasteiger partial charge in [0.25, 0.3) is 0 Å². The maximum Gasteiger partial charge on any atom is 0.0593 e. The minimum Gasteiger partial charge on any atom is -0.380 e. The van der Waals surface area contributed by atoms with E-state index in [1.54, 1.807) is 0 Å². The fourth-order valence-corrected chi connectivity index (χ4v) is 2.24. The van der Waals surface area contributed by atoms with E-state index in [9.17, 15) is 0 Å². The molecule has 0 amide bonds. The molecule has 1 saturated heterocycles. The van der Waals surface area contributed by atoms with Crippen molar-refractivity contribution in [2.75, 3.05) is 39.5 Å². The largest absolute Gasteiger partial charge is 0.380 e. The zero-order valence-corrected chi connectivity index (χ0v) is 11.6. The molecule has 0 atom stereocenters. The Morgan fingerprint density at radius 2 is 1.71 bits per heavy atom. The monoisotopic (exact) mass is 243 g/mol. The van der Waals surface area contributed by atoms with E-state index >= 15 is 0 Å². The van der Waals surface area contributed by atoms with E-state index < -0.39 is 0 Å². The first-order chi connectivity index (χ1) is 8.36. The molecule has 0 aromatic heterocycles. The van der Waals surface area contributed by atoms with Gasteiger partial charge in [-0.15, -0.1) is 0 Å². The van der Waals surface area contributed by atoms with Crippen LogP contribution in [-0.2, 0) is 9.47 Å². The zero-order valence-electron chi connectivity index (χ0n) is 11.6. The van der Waals surface area contributed by atoms with Crippen LogP contribution in [0.3, 0.4) is 0 Å². The molecule has 0 radical (unpaired) electrons. The highest BCUT2D eigenvalue weighted by molar-refractivity contribution is 4.65. The number of hydrogen-bond donors (Lipinski definition) is 0. The average Bonchev–Trinajstić information content (AvgIpc) is 2.86. The number of rotatable bonds is 10. The van der Waals surface area contributed by atoms with Crippen LogP contribution in [0.5, 0.6) is 0 Å². The van der Waals surface area contributed by atoms with Crippen LogP contribution in [0, 0.1) is 0 Å². The lowest BCUT2D eigenvalue weighted by atomic mass is 10.2. The van der Waals surface area contributed by atoms with Crippen LogP contribution < -0.4 is 0 Å². The second kappa shape index (κ2) is 9.86. The van der Waals surface area contributed by atoms with Crippen molar-refractivity contribution < 1.29 is 9.47 Å². The van der Waals surface area contributed by atoms with Gasteiger partial charge in [0, 0.05) is 19.8 Å². The number of nitrogens with zero attached hydrogens (tertiary/aromatic N) is 1. The second-order valence-corrected chi connectivity index (χ2v) is 4.82. The van der Waals surface area contributed by atoms with E-state index in [1.165, 1.54) is 25.9 Å². The Kier molecular flexibility index (Phi) is 8.67. The summed E-state index contributed by atoms with van der Waals surface area (Å²) in [6.07, 6.45) is 6.43. The highest BCUT2D eigenvalue weighted by Crippen LogP contribution is 2.06. The molecule has 0 unspecified atom stereocenters. The van der Waals surface area contributed by atoms with Gasteiger partial charge in [-0.25, -0.2) is 0 Å². The van der Waals surface area contributed by atoms with Crippen molar-refractivity contribution in [2.45, 2.75) is 52.1 Å². The lowest BCUT2D eigenvalue weighted by molar-refractivity contribution is 0.0272. The number of hydrogen-bond acceptors (Lipinski definition) is 3. The molecule has 1 heterocycles. The Morgan fingerprint density at radius 3 is 2.35 bits per heavy atom. The van der Waals surface area contributed by atoms with Gasteiger partial charge in [-0.05, 0) is 45.2 Å². The first-order valence-corrected chi connectivity index (χ1v) is 7.28. The molecule has 1 fully saturated rings. The lowest BCUT2D eigenvalue weighted by Crippen LogP contribution is -2.24. The van der Waals surface area contributed by atoms with Gasteiger partial charge in [-0.2, -0.15) is 0 Å². The van der Waals surface area contributed by atoms with Crippen molar-refractivity contribution in [3.63, 3.8) is 0 Å². The molecule has 0 saturated carbocycles. The van der Waals surface area contributed by atoms with Crippen molar-refractivity contribution in [2.24, 2.45) is 0 Å². The molecule has 1 rings (SSSR count). The first-order valence-electron chi connectivity index (χ1n) is 7.28. The van der Waals surface area contributed by atoms with Crippen LogP contribution in [-0.4, -0.2) is 50.5 Å². The summed E-state index contributed by atoms with van der Waals surface area (Å²) in [7, 11) is 0. The zero-order chi connectivity index (χ0) is 12.3. The van der Waals surface area contributed by atoms with Crippen molar-refractivity contribution >= 4 is 0 Å². The molecular formula is C14H29NO2. The third-order valence-corrected chi connectivity index (χ3v) is 3.45. The highest BCUT2D eigenvalue weighted by atomic mass is 16.5. The van der Waals surface area contributed by atoms with Crippen LogP contribution >= 0.6 is 0 Å². The molecule has 17 heavy (non-hydrogen) atoms. The van der Waals surface area contributed by atoms with Crippen LogP contribution in [0.15, 0.2) is 0 Å². The van der Waals surface area contributed by atoms with E-state index in [2.05, 4.69) is 18.7 Å². The fraction of sp³-hybridized carbons (Fsp3) is 1.00. The van der Waals surface area contributed by atoms with Gasteiger partial charge in [0.15, 0.2) is 0 Å². The van der Waals surface area contributed by atoms with Crippen LogP contribution in [0.2, 0.25) is 0 Å². The van der Waals surface area contributed by atoms with Gasteiger partial charge in [0.2, 0.25) is 0 Å². The Labute approximate surface area is 106 Å². The Hall–Kier alpha value is -0.120. The Morgan fingerprint density at radius 1 is 1.00 bits per heavy atom. The standard InChI is InChI=1S/C14H29NO2/c1-3-14(4-2)17-12-7-11-16-13-10-15-8-5-6-9-15/h14H,3-13H2,1-2H3. The average molecular weight is 243 g/mol. The van der Waals surface area contributed by atoms with Gasteiger partial charge in [-0.3, -0.25) is 0 Å². The normalized spacial score (nSPS) is 17.1. The summed E-state index contributed by atoms with van der Waals surface area (Å²) in [5.74, 6) is 0. The molecular weight excluding hydrogens is 214 g/mol. The van der Waals surface area contributed by atoms with Crippen LogP contribution in [0.4, 0.5) is 0 Å². The first kappa shape index (κ1) is 14.9. The van der Waals surface area contributed by atoms with Crippen LogP contribution in [0.1, 0.15) is 46.0 Å². The minimum absolute atomic E-state index is 0.444. The van der Waals surface area contributed by atoms with Crippen molar-refractivity contribution in [1.29, 1.82) is 0 Å². The molecule has 0 spiro atoms. The predicted octanol–water partition coefficient (Wildman–Crippen LogP) is 2.69. The highest BCUT2D eigenvalue weighted by Gasteiger charge is 2.10. The summed E-state index contributed by atoms with van der Waals surface area (Å²) in [5.41, 5.74) is 0. The lowest BCUT2D eigenvalue weighted by Gasteiger charge is -2.15. The quantitative estimate of drug-likeness (QED) is 0.551. The van der Waals surface area contributed by atoms with Crippen LogP contribution in [0.25, 0.3) is 0 Å². The molecule has 3 heteroatoms. The summed E-state index contributed by atoms with van der Waals surface area (Å²) in [4.78, 5) is 2.49. The summed E-state index contributed by atoms with van der Waals surface area (Å²) in [6, 6.07) is 0. The maximum atomic E-state index is 5.73. The van der Waals surface area contributed by atoms with E-state index in [1.807, 2.05) is 0 Å². The maximum absolute atomic E-state index is 5.73. The smallest absolute Gasteiger partial charge is 0.0593 e. The van der Waals surface area contributed by atoms with E-state index in [4.69, 9.17) is 9.47 Å². The molecule has 1 aliphatic heterocycles. The Balaban J connectivity index is 1.80. The minimum atomic E-state index is 0.444. The van der Waals surface area contributed by atoms with Gasteiger partial charge >= 0.3 is 0 Å². The predicted molar refractivity (Wildman–Crippen MR) is 71.4 cm³/mol. The van der Waals surface area contributed by atoms with Crippen molar-refractivity contribution in [3.05, 3.63) is 0 Å². The summed E-state index contributed by atoms with van der Waals surface area (Å²) >= 11 is 0. The number of ether oxygens (including phenoxy) is 2. The number of likely N-dealkylation sites (tertiary alicyclic amines) is 1. The molecule has 3 nitrogen and oxygen atoms in total. The second-order valence-electron chi connectivity index (χ2n) is 4.82. The van der Waals surface area contributed by atoms with E-state index in [-0.39, 0.29) is 0 Å². The summed E-state index contributed by atoms with van der Waals surface area (Å²) in [5, 5.41) is 0. The molecule has 0 aromatic carbocycles. The van der Waals surface area contributed by atoms with Gasteiger partial charge in [-0.1, -0.05) is 13.8 Å². The molecule has 0 bridgehead atoms. The summed E-state index contributed by atoms with van der Waals surface area (Å²) < 4.78 is 11.4. The van der Waals surface area contributed by atoms with Gasteiger partial charge in [0.05, 0.1) is 12.7 Å². The molecule has 0 aromatic rings. The van der Waals surface area contributed by atoms with E-state index in [0.717, 1.165) is 45.6 Å². The van der Waals surface area contributed by atoms with Gasteiger partial charge in [0.1, 0.15) is 0 Å². The molecule has 0 aliphatic carbocycles. The molecule has 1 aliphatic rings. The fourth-order valence-electron chi connectivity index (χ4n) is 2.24.